The highest BCUT2D eigenvalue weighted by molar-refractivity contribution is 5.97. The van der Waals surface area contributed by atoms with Gasteiger partial charge in [-0.2, -0.15) is 0 Å². The third-order valence-electron chi connectivity index (χ3n) is 4.24. The Morgan fingerprint density at radius 3 is 2.70 bits per heavy atom. The molecule has 1 aliphatic heterocycles. The Labute approximate surface area is 156 Å². The third kappa shape index (κ3) is 4.58. The van der Waals surface area contributed by atoms with Crippen molar-refractivity contribution in [2.45, 2.75) is 12.8 Å². The van der Waals surface area contributed by atoms with E-state index < -0.39 is 10.9 Å². The summed E-state index contributed by atoms with van der Waals surface area (Å²) in [4.78, 5) is 36.2. The Balaban J connectivity index is 1.61. The molecule has 1 aliphatic rings. The molecule has 27 heavy (non-hydrogen) atoms. The fourth-order valence-electron chi connectivity index (χ4n) is 2.94. The standard InChI is InChI=1S/C20H18N2O5/c23-19(14-27-20(24)11-8-15-5-2-1-3-6-15)21-12-4-7-16-13-17(22(25)26)9-10-18(16)21/h1-3,5-6,8-11,13H,4,7,12,14H2/b11-8+. The highest BCUT2D eigenvalue weighted by atomic mass is 16.6. The van der Waals surface area contributed by atoms with Crippen molar-refractivity contribution in [1.29, 1.82) is 0 Å². The van der Waals surface area contributed by atoms with Crippen LogP contribution < -0.4 is 4.90 Å². The first-order chi connectivity index (χ1) is 13.0. The van der Waals surface area contributed by atoms with Crippen molar-refractivity contribution in [3.63, 3.8) is 0 Å². The van der Waals surface area contributed by atoms with Crippen LogP contribution in [-0.4, -0.2) is 30.0 Å². The summed E-state index contributed by atoms with van der Waals surface area (Å²) in [5, 5.41) is 10.9. The largest absolute Gasteiger partial charge is 0.452 e. The minimum absolute atomic E-state index is 0.000487. The van der Waals surface area contributed by atoms with Gasteiger partial charge in [-0.25, -0.2) is 4.79 Å². The first-order valence-electron chi connectivity index (χ1n) is 8.52. The summed E-state index contributed by atoms with van der Waals surface area (Å²) >= 11 is 0. The van der Waals surface area contributed by atoms with E-state index in [0.29, 0.717) is 25.1 Å². The number of fused-ring (bicyclic) bond motifs is 1. The molecule has 0 radical (unpaired) electrons. The van der Waals surface area contributed by atoms with E-state index in [4.69, 9.17) is 4.74 Å². The molecular formula is C20H18N2O5. The van der Waals surface area contributed by atoms with Gasteiger partial charge in [-0.1, -0.05) is 30.3 Å². The molecule has 2 aromatic carbocycles. The molecule has 0 fully saturated rings. The van der Waals surface area contributed by atoms with E-state index >= 15 is 0 Å². The van der Waals surface area contributed by atoms with Crippen LogP contribution in [0.5, 0.6) is 0 Å². The average Bonchev–Trinajstić information content (AvgIpc) is 2.70. The molecule has 0 saturated carbocycles. The van der Waals surface area contributed by atoms with Gasteiger partial charge in [0.15, 0.2) is 6.61 Å². The first kappa shape index (κ1) is 18.3. The van der Waals surface area contributed by atoms with Crippen molar-refractivity contribution in [1.82, 2.24) is 0 Å². The van der Waals surface area contributed by atoms with Crippen LogP contribution in [0.1, 0.15) is 17.5 Å². The second-order valence-electron chi connectivity index (χ2n) is 6.07. The zero-order chi connectivity index (χ0) is 19.2. The third-order valence-corrected chi connectivity index (χ3v) is 4.24. The molecule has 0 bridgehead atoms. The number of hydrogen-bond donors (Lipinski definition) is 0. The smallest absolute Gasteiger partial charge is 0.331 e. The highest BCUT2D eigenvalue weighted by Crippen LogP contribution is 2.30. The Morgan fingerprint density at radius 2 is 1.96 bits per heavy atom. The maximum absolute atomic E-state index is 12.4. The van der Waals surface area contributed by atoms with Crippen LogP contribution in [0.2, 0.25) is 0 Å². The minimum atomic E-state index is -0.604. The number of aryl methyl sites for hydroxylation is 1. The van der Waals surface area contributed by atoms with Crippen molar-refractivity contribution in [3.05, 3.63) is 75.8 Å². The summed E-state index contributed by atoms with van der Waals surface area (Å²) in [6.07, 6.45) is 4.25. The van der Waals surface area contributed by atoms with E-state index in [1.165, 1.54) is 23.1 Å². The summed E-state index contributed by atoms with van der Waals surface area (Å²) in [5.41, 5.74) is 2.24. The van der Waals surface area contributed by atoms with Crippen LogP contribution in [0, 0.1) is 10.1 Å². The molecular weight excluding hydrogens is 348 g/mol. The zero-order valence-corrected chi connectivity index (χ0v) is 14.5. The summed E-state index contributed by atoms with van der Waals surface area (Å²) in [5.74, 6) is -0.959. The number of carbonyl (C=O) groups excluding carboxylic acids is 2. The Hall–Kier alpha value is -3.48. The minimum Gasteiger partial charge on any atom is -0.452 e. The molecule has 1 amide bonds. The van der Waals surface area contributed by atoms with Gasteiger partial charge in [0.1, 0.15) is 0 Å². The van der Waals surface area contributed by atoms with E-state index in [1.807, 2.05) is 30.3 Å². The SMILES string of the molecule is O=C(/C=C/c1ccccc1)OCC(=O)N1CCCc2cc([N+](=O)[O-])ccc21. The van der Waals surface area contributed by atoms with Gasteiger partial charge in [-0.05, 0) is 36.1 Å². The van der Waals surface area contributed by atoms with Crippen molar-refractivity contribution in [3.8, 4) is 0 Å². The summed E-state index contributed by atoms with van der Waals surface area (Å²) in [7, 11) is 0. The van der Waals surface area contributed by atoms with Crippen LogP contribution in [0.4, 0.5) is 11.4 Å². The molecule has 2 aromatic rings. The molecule has 7 heteroatoms. The number of nitro benzene ring substituents is 1. The van der Waals surface area contributed by atoms with Gasteiger partial charge in [-0.15, -0.1) is 0 Å². The summed E-state index contributed by atoms with van der Waals surface area (Å²) in [6.45, 7) is 0.107. The van der Waals surface area contributed by atoms with Gasteiger partial charge in [-0.3, -0.25) is 14.9 Å². The highest BCUT2D eigenvalue weighted by Gasteiger charge is 2.24. The molecule has 138 valence electrons. The maximum Gasteiger partial charge on any atom is 0.331 e. The number of benzene rings is 2. The van der Waals surface area contributed by atoms with Gasteiger partial charge in [0.25, 0.3) is 11.6 Å². The van der Waals surface area contributed by atoms with Gasteiger partial charge in [0.05, 0.1) is 4.92 Å². The molecule has 0 aliphatic carbocycles. The Bertz CT molecular complexity index is 893. The van der Waals surface area contributed by atoms with Crippen molar-refractivity contribution < 1.29 is 19.2 Å². The monoisotopic (exact) mass is 366 g/mol. The number of hydrogen-bond acceptors (Lipinski definition) is 5. The molecule has 0 atom stereocenters. The maximum atomic E-state index is 12.4. The molecule has 0 saturated heterocycles. The van der Waals surface area contributed by atoms with Crippen LogP contribution in [0.25, 0.3) is 6.08 Å². The fraction of sp³-hybridized carbons (Fsp3) is 0.200. The predicted octanol–water partition coefficient (Wildman–Crippen LogP) is 3.13. The number of nitrogens with zero attached hydrogens (tertiary/aromatic N) is 2. The van der Waals surface area contributed by atoms with E-state index in [1.54, 1.807) is 12.1 Å². The molecule has 0 unspecified atom stereocenters. The Morgan fingerprint density at radius 1 is 1.19 bits per heavy atom. The number of esters is 1. The van der Waals surface area contributed by atoms with Crippen LogP contribution >= 0.6 is 0 Å². The van der Waals surface area contributed by atoms with Crippen molar-refractivity contribution >= 4 is 29.3 Å². The molecule has 1 heterocycles. The number of carbonyl (C=O) groups is 2. The first-order valence-corrected chi connectivity index (χ1v) is 8.52. The number of ether oxygens (including phenoxy) is 1. The Kier molecular flexibility index (Phi) is 5.61. The van der Waals surface area contributed by atoms with Crippen molar-refractivity contribution in [2.75, 3.05) is 18.1 Å². The van der Waals surface area contributed by atoms with Gasteiger partial charge >= 0.3 is 5.97 Å². The molecule has 0 aromatic heterocycles. The van der Waals surface area contributed by atoms with Crippen LogP contribution in [-0.2, 0) is 20.7 Å². The number of non-ortho nitro benzene ring substituents is 1. The molecule has 7 nitrogen and oxygen atoms in total. The second-order valence-corrected chi connectivity index (χ2v) is 6.07. The number of anilines is 1. The molecule has 0 N–H and O–H groups in total. The number of amides is 1. The summed E-state index contributed by atoms with van der Waals surface area (Å²) in [6, 6.07) is 13.7. The van der Waals surface area contributed by atoms with Crippen LogP contribution in [0.3, 0.4) is 0 Å². The quantitative estimate of drug-likeness (QED) is 0.351. The predicted molar refractivity (Wildman–Crippen MR) is 100 cm³/mol. The molecule has 3 rings (SSSR count). The van der Waals surface area contributed by atoms with Gasteiger partial charge in [0, 0.05) is 30.4 Å². The number of nitro groups is 1. The van der Waals surface area contributed by atoms with E-state index in [0.717, 1.165) is 11.1 Å². The lowest BCUT2D eigenvalue weighted by Crippen LogP contribution is -2.38. The summed E-state index contributed by atoms with van der Waals surface area (Å²) < 4.78 is 5.03. The van der Waals surface area contributed by atoms with Gasteiger partial charge in [0.2, 0.25) is 0 Å². The topological polar surface area (TPSA) is 89.8 Å². The van der Waals surface area contributed by atoms with Gasteiger partial charge < -0.3 is 9.64 Å². The second kappa shape index (κ2) is 8.27. The lowest BCUT2D eigenvalue weighted by atomic mass is 10.0. The normalized spacial score (nSPS) is 13.3. The van der Waals surface area contributed by atoms with E-state index in [2.05, 4.69) is 0 Å². The van der Waals surface area contributed by atoms with E-state index in [9.17, 15) is 19.7 Å². The fourth-order valence-corrected chi connectivity index (χ4v) is 2.94. The molecule has 0 spiro atoms. The van der Waals surface area contributed by atoms with Crippen molar-refractivity contribution in [2.24, 2.45) is 0 Å². The number of rotatable bonds is 5. The average molecular weight is 366 g/mol. The van der Waals surface area contributed by atoms with Crippen LogP contribution in [0.15, 0.2) is 54.6 Å². The zero-order valence-electron chi connectivity index (χ0n) is 14.5. The van der Waals surface area contributed by atoms with E-state index in [-0.39, 0.29) is 18.2 Å². The lowest BCUT2D eigenvalue weighted by Gasteiger charge is -2.29. The lowest BCUT2D eigenvalue weighted by molar-refractivity contribution is -0.384.